The van der Waals surface area contributed by atoms with Crippen LogP contribution in [-0.4, -0.2) is 30.8 Å². The summed E-state index contributed by atoms with van der Waals surface area (Å²) in [7, 11) is 0. The molecule has 0 bridgehead atoms. The van der Waals surface area contributed by atoms with Gasteiger partial charge in [-0.2, -0.15) is 0 Å². The maximum atomic E-state index is 12.7. The van der Waals surface area contributed by atoms with E-state index in [1.54, 1.807) is 24.3 Å². The topological polar surface area (TPSA) is 68.8 Å². The van der Waals surface area contributed by atoms with Gasteiger partial charge in [0.2, 0.25) is 0 Å². The number of carbonyl (C=O) groups excluding carboxylic acids is 1. The summed E-state index contributed by atoms with van der Waals surface area (Å²) in [5.74, 6) is 1.78. The van der Waals surface area contributed by atoms with Crippen LogP contribution in [0.4, 0.5) is 5.69 Å². The van der Waals surface area contributed by atoms with Crippen molar-refractivity contribution >= 4 is 28.9 Å². The standard InChI is InChI=1S/C30H28N2O4S/c33-29(24-15-17-26(18-16-24)34-20-19-23-9-3-1-4-10-23)32-30(37)31-27-13-7-8-14-28(27)36-22-21-35-25-11-5-2-6-12-25/h1-18H,19-22H2,(H2,31,32,33,37). The Balaban J connectivity index is 1.22. The Morgan fingerprint density at radius 3 is 2.00 bits per heavy atom. The highest BCUT2D eigenvalue weighted by atomic mass is 32.1. The minimum absolute atomic E-state index is 0.171. The normalized spacial score (nSPS) is 10.3. The highest BCUT2D eigenvalue weighted by molar-refractivity contribution is 7.80. The number of hydrogen-bond acceptors (Lipinski definition) is 5. The molecule has 6 nitrogen and oxygen atoms in total. The quantitative estimate of drug-likeness (QED) is 0.193. The Hall–Kier alpha value is -4.36. The molecule has 0 aliphatic heterocycles. The van der Waals surface area contributed by atoms with Gasteiger partial charge in [-0.15, -0.1) is 0 Å². The Kier molecular flexibility index (Phi) is 9.49. The lowest BCUT2D eigenvalue weighted by Gasteiger charge is -2.15. The molecule has 0 saturated heterocycles. The average molecular weight is 513 g/mol. The molecule has 0 unspecified atom stereocenters. The molecule has 7 heteroatoms. The minimum Gasteiger partial charge on any atom is -0.493 e. The third-order valence-corrected chi connectivity index (χ3v) is 5.54. The molecule has 37 heavy (non-hydrogen) atoms. The summed E-state index contributed by atoms with van der Waals surface area (Å²) in [6.45, 7) is 1.31. The number of para-hydroxylation sites is 3. The van der Waals surface area contributed by atoms with E-state index in [0.29, 0.717) is 42.6 Å². The van der Waals surface area contributed by atoms with Crippen LogP contribution in [0.1, 0.15) is 15.9 Å². The average Bonchev–Trinajstić information content (AvgIpc) is 2.93. The largest absolute Gasteiger partial charge is 0.493 e. The van der Waals surface area contributed by atoms with E-state index in [-0.39, 0.29) is 11.0 Å². The van der Waals surface area contributed by atoms with Crippen LogP contribution in [0, 0.1) is 0 Å². The molecular formula is C30H28N2O4S. The van der Waals surface area contributed by atoms with Gasteiger partial charge < -0.3 is 19.5 Å². The predicted octanol–water partition coefficient (Wildman–Crippen LogP) is 5.89. The maximum absolute atomic E-state index is 12.7. The summed E-state index contributed by atoms with van der Waals surface area (Å²) in [4.78, 5) is 12.7. The first-order valence-corrected chi connectivity index (χ1v) is 12.4. The van der Waals surface area contributed by atoms with E-state index in [9.17, 15) is 4.79 Å². The van der Waals surface area contributed by atoms with Crippen LogP contribution in [0.2, 0.25) is 0 Å². The molecule has 1 amide bonds. The third kappa shape index (κ3) is 8.37. The molecule has 0 radical (unpaired) electrons. The summed E-state index contributed by atoms with van der Waals surface area (Å²) in [5.41, 5.74) is 2.34. The van der Waals surface area contributed by atoms with Gasteiger partial charge >= 0.3 is 0 Å². The Labute approximate surface area is 222 Å². The molecule has 4 aromatic carbocycles. The van der Waals surface area contributed by atoms with Crippen molar-refractivity contribution in [1.29, 1.82) is 0 Å². The van der Waals surface area contributed by atoms with Crippen molar-refractivity contribution in [3.05, 3.63) is 120 Å². The Morgan fingerprint density at radius 1 is 0.649 bits per heavy atom. The Bertz CT molecular complexity index is 1280. The molecule has 188 valence electrons. The van der Waals surface area contributed by atoms with Crippen LogP contribution < -0.4 is 24.8 Å². The number of nitrogens with one attached hydrogen (secondary N) is 2. The molecule has 0 fully saturated rings. The summed E-state index contributed by atoms with van der Waals surface area (Å²) in [6, 6.07) is 34.0. The molecule has 0 aliphatic rings. The second-order valence-electron chi connectivity index (χ2n) is 8.02. The molecule has 2 N–H and O–H groups in total. The van der Waals surface area contributed by atoms with Crippen LogP contribution >= 0.6 is 12.2 Å². The third-order valence-electron chi connectivity index (χ3n) is 5.33. The van der Waals surface area contributed by atoms with E-state index in [1.807, 2.05) is 72.8 Å². The lowest BCUT2D eigenvalue weighted by Crippen LogP contribution is -2.34. The van der Waals surface area contributed by atoms with Gasteiger partial charge in [0, 0.05) is 12.0 Å². The number of hydrogen-bond donors (Lipinski definition) is 2. The van der Waals surface area contributed by atoms with Gasteiger partial charge in [0.05, 0.1) is 12.3 Å². The van der Waals surface area contributed by atoms with E-state index in [4.69, 9.17) is 26.4 Å². The van der Waals surface area contributed by atoms with Crippen molar-refractivity contribution in [2.75, 3.05) is 25.1 Å². The lowest BCUT2D eigenvalue weighted by atomic mass is 10.2. The summed E-state index contributed by atoms with van der Waals surface area (Å²) < 4.78 is 17.3. The molecule has 0 spiro atoms. The molecule has 0 heterocycles. The molecular weight excluding hydrogens is 484 g/mol. The van der Waals surface area contributed by atoms with Gasteiger partial charge in [-0.1, -0.05) is 60.7 Å². The van der Waals surface area contributed by atoms with Gasteiger partial charge in [0.15, 0.2) is 5.11 Å². The zero-order valence-corrected chi connectivity index (χ0v) is 21.1. The van der Waals surface area contributed by atoms with Crippen LogP contribution in [0.3, 0.4) is 0 Å². The van der Waals surface area contributed by atoms with Crippen LogP contribution in [0.15, 0.2) is 109 Å². The predicted molar refractivity (Wildman–Crippen MR) is 150 cm³/mol. The fourth-order valence-corrected chi connectivity index (χ4v) is 3.69. The minimum atomic E-state index is -0.317. The fraction of sp³-hybridized carbons (Fsp3) is 0.133. The summed E-state index contributed by atoms with van der Waals surface area (Å²) in [5, 5.41) is 5.91. The number of anilines is 1. The smallest absolute Gasteiger partial charge is 0.257 e. The van der Waals surface area contributed by atoms with Gasteiger partial charge in [0.25, 0.3) is 5.91 Å². The van der Waals surface area contributed by atoms with Crippen molar-refractivity contribution in [2.45, 2.75) is 6.42 Å². The van der Waals surface area contributed by atoms with Crippen LogP contribution in [0.25, 0.3) is 0 Å². The second kappa shape index (κ2) is 13.7. The van der Waals surface area contributed by atoms with Crippen molar-refractivity contribution in [1.82, 2.24) is 5.32 Å². The van der Waals surface area contributed by atoms with Crippen LogP contribution in [0.5, 0.6) is 17.2 Å². The first kappa shape index (κ1) is 25.7. The molecule has 0 atom stereocenters. The fourth-order valence-electron chi connectivity index (χ4n) is 3.49. The zero-order valence-electron chi connectivity index (χ0n) is 20.3. The number of thiocarbonyl (C=S) groups is 1. The monoisotopic (exact) mass is 512 g/mol. The van der Waals surface area contributed by atoms with E-state index < -0.39 is 0 Å². The molecule has 4 rings (SSSR count). The van der Waals surface area contributed by atoms with Gasteiger partial charge in [-0.05, 0) is 66.3 Å². The maximum Gasteiger partial charge on any atom is 0.257 e. The molecule has 0 aromatic heterocycles. The number of rotatable bonds is 11. The van der Waals surface area contributed by atoms with Crippen molar-refractivity contribution in [2.24, 2.45) is 0 Å². The summed E-state index contributed by atoms with van der Waals surface area (Å²) in [6.07, 6.45) is 0.814. The second-order valence-corrected chi connectivity index (χ2v) is 8.43. The van der Waals surface area contributed by atoms with E-state index in [1.165, 1.54) is 5.56 Å². The number of carbonyl (C=O) groups is 1. The molecule has 4 aromatic rings. The van der Waals surface area contributed by atoms with Crippen LogP contribution in [-0.2, 0) is 6.42 Å². The first-order chi connectivity index (χ1) is 18.2. The van der Waals surface area contributed by atoms with Gasteiger partial charge in [0.1, 0.15) is 30.5 Å². The highest BCUT2D eigenvalue weighted by Gasteiger charge is 2.11. The lowest BCUT2D eigenvalue weighted by molar-refractivity contribution is 0.0977. The summed E-state index contributed by atoms with van der Waals surface area (Å²) >= 11 is 5.35. The van der Waals surface area contributed by atoms with Gasteiger partial charge in [-0.3, -0.25) is 10.1 Å². The van der Waals surface area contributed by atoms with Crippen molar-refractivity contribution in [3.8, 4) is 17.2 Å². The van der Waals surface area contributed by atoms with E-state index in [0.717, 1.165) is 12.2 Å². The van der Waals surface area contributed by atoms with Gasteiger partial charge in [-0.25, -0.2) is 0 Å². The Morgan fingerprint density at radius 2 is 1.24 bits per heavy atom. The van der Waals surface area contributed by atoms with Crippen molar-refractivity contribution < 1.29 is 19.0 Å². The molecule has 0 saturated carbocycles. The number of ether oxygens (including phenoxy) is 3. The first-order valence-electron chi connectivity index (χ1n) is 12.0. The SMILES string of the molecule is O=C(NC(=S)Nc1ccccc1OCCOc1ccccc1)c1ccc(OCCc2ccccc2)cc1. The number of amides is 1. The highest BCUT2D eigenvalue weighted by Crippen LogP contribution is 2.24. The molecule has 0 aliphatic carbocycles. The van der Waals surface area contributed by atoms with E-state index in [2.05, 4.69) is 22.8 Å². The number of benzene rings is 4. The zero-order chi connectivity index (χ0) is 25.7. The van der Waals surface area contributed by atoms with E-state index >= 15 is 0 Å². The van der Waals surface area contributed by atoms with Crippen molar-refractivity contribution in [3.63, 3.8) is 0 Å².